The van der Waals surface area contributed by atoms with Crippen molar-refractivity contribution in [3.63, 3.8) is 0 Å². The standard InChI is InChI=1S/C17H16FN3O4/c1-25-14-8-4-5-11(17(14)24)10-19-21-16(23)9-15(22)20-13-7-3-2-6-12(13)18/h2-8,10,24H,9H2,1H3,(H,20,22)(H,21,23)/b19-10+. The fourth-order valence-corrected chi connectivity index (χ4v) is 1.92. The molecule has 2 aromatic carbocycles. The number of hydrazone groups is 1. The topological polar surface area (TPSA) is 100 Å². The lowest BCUT2D eigenvalue weighted by molar-refractivity contribution is -0.126. The molecule has 0 saturated carbocycles. The third kappa shape index (κ3) is 5.03. The summed E-state index contributed by atoms with van der Waals surface area (Å²) in [5, 5.41) is 15.8. The van der Waals surface area contributed by atoms with Gasteiger partial charge >= 0.3 is 0 Å². The van der Waals surface area contributed by atoms with Gasteiger partial charge in [-0.05, 0) is 24.3 Å². The van der Waals surface area contributed by atoms with Gasteiger partial charge in [0.1, 0.15) is 12.2 Å². The number of hydrogen-bond donors (Lipinski definition) is 3. The van der Waals surface area contributed by atoms with Crippen LogP contribution in [0.5, 0.6) is 11.5 Å². The predicted octanol–water partition coefficient (Wildman–Crippen LogP) is 2.02. The molecule has 0 saturated heterocycles. The zero-order chi connectivity index (χ0) is 18.2. The van der Waals surface area contributed by atoms with Crippen molar-refractivity contribution in [3.05, 3.63) is 53.8 Å². The average Bonchev–Trinajstić information content (AvgIpc) is 2.58. The number of rotatable bonds is 6. The Kier molecular flexibility index (Phi) is 6.05. The number of ether oxygens (including phenoxy) is 1. The zero-order valence-corrected chi connectivity index (χ0v) is 13.3. The first-order valence-corrected chi connectivity index (χ1v) is 7.23. The Bertz CT molecular complexity index is 808. The molecule has 0 fully saturated rings. The van der Waals surface area contributed by atoms with E-state index < -0.39 is 24.1 Å². The number of nitrogens with one attached hydrogen (secondary N) is 2. The van der Waals surface area contributed by atoms with Crippen LogP contribution in [0, 0.1) is 5.82 Å². The van der Waals surface area contributed by atoms with E-state index in [4.69, 9.17) is 4.74 Å². The summed E-state index contributed by atoms with van der Waals surface area (Å²) in [4.78, 5) is 23.4. The third-order valence-corrected chi connectivity index (χ3v) is 3.11. The summed E-state index contributed by atoms with van der Waals surface area (Å²) >= 11 is 0. The first-order valence-electron chi connectivity index (χ1n) is 7.23. The number of amides is 2. The van der Waals surface area contributed by atoms with Gasteiger partial charge in [-0.15, -0.1) is 0 Å². The van der Waals surface area contributed by atoms with Gasteiger partial charge in [-0.25, -0.2) is 9.82 Å². The maximum absolute atomic E-state index is 13.4. The van der Waals surface area contributed by atoms with E-state index in [0.717, 1.165) is 0 Å². The van der Waals surface area contributed by atoms with Crippen LogP contribution in [0.1, 0.15) is 12.0 Å². The van der Waals surface area contributed by atoms with Crippen LogP contribution in [0.3, 0.4) is 0 Å². The fraction of sp³-hybridized carbons (Fsp3) is 0.118. The van der Waals surface area contributed by atoms with Crippen molar-refractivity contribution in [1.82, 2.24) is 5.43 Å². The van der Waals surface area contributed by atoms with Gasteiger partial charge in [-0.1, -0.05) is 18.2 Å². The van der Waals surface area contributed by atoms with Crippen LogP contribution in [0.2, 0.25) is 0 Å². The minimum Gasteiger partial charge on any atom is -0.504 e. The summed E-state index contributed by atoms with van der Waals surface area (Å²) in [5.74, 6) is -1.82. The van der Waals surface area contributed by atoms with Crippen molar-refractivity contribution in [3.8, 4) is 11.5 Å². The summed E-state index contributed by atoms with van der Waals surface area (Å²) < 4.78 is 18.4. The molecular weight excluding hydrogens is 329 g/mol. The Morgan fingerprint density at radius 2 is 1.96 bits per heavy atom. The van der Waals surface area contributed by atoms with E-state index in [0.29, 0.717) is 5.56 Å². The first kappa shape index (κ1) is 17.9. The van der Waals surface area contributed by atoms with E-state index in [-0.39, 0.29) is 17.2 Å². The maximum Gasteiger partial charge on any atom is 0.249 e. The largest absolute Gasteiger partial charge is 0.504 e. The highest BCUT2D eigenvalue weighted by Crippen LogP contribution is 2.27. The van der Waals surface area contributed by atoms with Gasteiger partial charge in [-0.3, -0.25) is 9.59 Å². The van der Waals surface area contributed by atoms with E-state index in [1.54, 1.807) is 24.3 Å². The molecule has 0 radical (unpaired) electrons. The van der Waals surface area contributed by atoms with E-state index in [1.165, 1.54) is 31.5 Å². The van der Waals surface area contributed by atoms with Gasteiger partial charge in [0.05, 0.1) is 19.0 Å². The Morgan fingerprint density at radius 3 is 2.68 bits per heavy atom. The molecule has 0 atom stereocenters. The van der Waals surface area contributed by atoms with Crippen molar-refractivity contribution in [1.29, 1.82) is 0 Å². The number of nitrogens with zero attached hydrogens (tertiary/aromatic N) is 1. The van der Waals surface area contributed by atoms with E-state index in [9.17, 15) is 19.1 Å². The van der Waals surface area contributed by atoms with Crippen LogP contribution < -0.4 is 15.5 Å². The van der Waals surface area contributed by atoms with Crippen molar-refractivity contribution < 1.29 is 23.8 Å². The van der Waals surface area contributed by atoms with Crippen molar-refractivity contribution >= 4 is 23.7 Å². The zero-order valence-electron chi connectivity index (χ0n) is 13.3. The molecular formula is C17H16FN3O4. The van der Waals surface area contributed by atoms with Crippen LogP contribution in [0.4, 0.5) is 10.1 Å². The number of hydrogen-bond acceptors (Lipinski definition) is 5. The molecule has 0 aliphatic carbocycles. The summed E-state index contributed by atoms with van der Waals surface area (Å²) in [6.45, 7) is 0. The lowest BCUT2D eigenvalue weighted by Crippen LogP contribution is -2.24. The van der Waals surface area contributed by atoms with E-state index in [2.05, 4.69) is 15.8 Å². The van der Waals surface area contributed by atoms with Crippen molar-refractivity contribution in [2.24, 2.45) is 5.10 Å². The summed E-state index contributed by atoms with van der Waals surface area (Å²) in [7, 11) is 1.41. The molecule has 8 heteroatoms. The Hall–Kier alpha value is -3.42. The number of para-hydroxylation sites is 2. The Balaban J connectivity index is 1.88. The highest BCUT2D eigenvalue weighted by Gasteiger charge is 2.11. The molecule has 7 nitrogen and oxygen atoms in total. The summed E-state index contributed by atoms with van der Waals surface area (Å²) in [6, 6.07) is 10.4. The number of halogens is 1. The SMILES string of the molecule is COc1cccc(/C=N/NC(=O)CC(=O)Nc2ccccc2F)c1O. The molecule has 130 valence electrons. The van der Waals surface area contributed by atoms with Gasteiger partial charge in [0.25, 0.3) is 0 Å². The van der Waals surface area contributed by atoms with E-state index in [1.807, 2.05) is 0 Å². The van der Waals surface area contributed by atoms with Crippen molar-refractivity contribution in [2.45, 2.75) is 6.42 Å². The average molecular weight is 345 g/mol. The number of carbonyl (C=O) groups excluding carboxylic acids is 2. The second-order valence-corrected chi connectivity index (χ2v) is 4.90. The number of benzene rings is 2. The molecule has 25 heavy (non-hydrogen) atoms. The normalized spacial score (nSPS) is 10.5. The Morgan fingerprint density at radius 1 is 1.20 bits per heavy atom. The molecule has 0 bridgehead atoms. The summed E-state index contributed by atoms with van der Waals surface area (Å²) in [5.41, 5.74) is 2.47. The van der Waals surface area contributed by atoms with Gasteiger partial charge in [0.2, 0.25) is 11.8 Å². The second-order valence-electron chi connectivity index (χ2n) is 4.90. The molecule has 2 rings (SSSR count). The molecule has 0 heterocycles. The highest BCUT2D eigenvalue weighted by atomic mass is 19.1. The minimum atomic E-state index is -0.688. The molecule has 0 aliphatic heterocycles. The van der Waals surface area contributed by atoms with Crippen LogP contribution >= 0.6 is 0 Å². The first-order chi connectivity index (χ1) is 12.0. The number of anilines is 1. The lowest BCUT2D eigenvalue weighted by atomic mass is 10.2. The molecule has 2 amide bonds. The van der Waals surface area contributed by atoms with Crippen LogP contribution in [0.15, 0.2) is 47.6 Å². The molecule has 0 aliphatic rings. The fourth-order valence-electron chi connectivity index (χ4n) is 1.92. The lowest BCUT2D eigenvalue weighted by Gasteiger charge is -2.06. The molecule has 3 N–H and O–H groups in total. The minimum absolute atomic E-state index is 0.00916. The van der Waals surface area contributed by atoms with E-state index >= 15 is 0 Å². The maximum atomic E-state index is 13.4. The van der Waals surface area contributed by atoms with Gasteiger partial charge < -0.3 is 15.2 Å². The van der Waals surface area contributed by atoms with Crippen LogP contribution in [-0.4, -0.2) is 30.2 Å². The quantitative estimate of drug-likeness (QED) is 0.424. The monoisotopic (exact) mass is 345 g/mol. The van der Waals surface area contributed by atoms with Gasteiger partial charge in [0.15, 0.2) is 11.5 Å². The number of carbonyl (C=O) groups is 2. The number of aromatic hydroxyl groups is 1. The second kappa shape index (κ2) is 8.44. The molecule has 0 spiro atoms. The van der Waals surface area contributed by atoms with Crippen LogP contribution in [-0.2, 0) is 9.59 Å². The number of phenolic OH excluding ortho intramolecular Hbond substituents is 1. The molecule has 0 unspecified atom stereocenters. The van der Waals surface area contributed by atoms with Crippen molar-refractivity contribution in [2.75, 3.05) is 12.4 Å². The summed E-state index contributed by atoms with van der Waals surface area (Å²) in [6.07, 6.45) is 0.681. The molecule has 0 aromatic heterocycles. The van der Waals surface area contributed by atoms with Gasteiger partial charge in [0, 0.05) is 5.56 Å². The number of phenols is 1. The van der Waals surface area contributed by atoms with Gasteiger partial charge in [-0.2, -0.15) is 5.10 Å². The highest BCUT2D eigenvalue weighted by molar-refractivity contribution is 6.03. The molecule has 2 aromatic rings. The Labute approximate surface area is 143 Å². The predicted molar refractivity (Wildman–Crippen MR) is 90.0 cm³/mol. The smallest absolute Gasteiger partial charge is 0.249 e. The third-order valence-electron chi connectivity index (χ3n) is 3.11. The van der Waals surface area contributed by atoms with Crippen LogP contribution in [0.25, 0.3) is 0 Å². The number of methoxy groups -OCH3 is 1.